The van der Waals surface area contributed by atoms with Crippen molar-refractivity contribution in [2.75, 3.05) is 43.4 Å². The normalized spacial score (nSPS) is 26.3. The lowest BCUT2D eigenvalue weighted by Crippen LogP contribution is -2.56. The van der Waals surface area contributed by atoms with E-state index in [9.17, 15) is 17.6 Å². The number of aryl methyl sites for hydroxylation is 2. The number of hydrogen-bond donors (Lipinski definition) is 2. The number of nitrogens with zero attached hydrogens (tertiary/aromatic N) is 5. The minimum absolute atomic E-state index is 0.0295. The lowest BCUT2D eigenvalue weighted by molar-refractivity contribution is -0.137. The molecular weight excluding hydrogens is 605 g/mol. The maximum absolute atomic E-state index is 17.2. The summed E-state index contributed by atoms with van der Waals surface area (Å²) in [4.78, 5) is 17.9. The van der Waals surface area contributed by atoms with Crippen molar-refractivity contribution in [2.24, 2.45) is 0 Å². The van der Waals surface area contributed by atoms with E-state index in [-0.39, 0.29) is 53.6 Å². The first-order valence-electron chi connectivity index (χ1n) is 16.4. The zero-order valence-corrected chi connectivity index (χ0v) is 26.4. The lowest BCUT2D eigenvalue weighted by Gasteiger charge is -2.40. The zero-order chi connectivity index (χ0) is 32.5. The molecule has 0 spiro atoms. The second-order valence-corrected chi connectivity index (χ2v) is 13.4. The molecule has 2 aromatic heterocycles. The third kappa shape index (κ3) is 5.04. The molecule has 0 amide bonds. The van der Waals surface area contributed by atoms with Crippen LogP contribution in [0.5, 0.6) is 6.01 Å². The van der Waals surface area contributed by atoms with E-state index in [0.717, 1.165) is 37.4 Å². The Morgan fingerprint density at radius 1 is 1.17 bits per heavy atom. The number of nitrogens with two attached hydrogens (primary N) is 1. The number of aromatic nitrogens is 3. The van der Waals surface area contributed by atoms with Gasteiger partial charge >= 0.3 is 12.2 Å². The Bertz CT molecular complexity index is 1680. The van der Waals surface area contributed by atoms with Gasteiger partial charge in [0, 0.05) is 49.1 Å². The highest BCUT2D eigenvalue weighted by Gasteiger charge is 2.49. The molecule has 3 aromatic rings. The van der Waals surface area contributed by atoms with Crippen LogP contribution in [0.4, 0.5) is 33.6 Å². The van der Waals surface area contributed by atoms with Gasteiger partial charge in [-0.05, 0) is 74.8 Å². The van der Waals surface area contributed by atoms with Gasteiger partial charge in [-0.2, -0.15) is 23.1 Å². The van der Waals surface area contributed by atoms with E-state index < -0.39 is 35.0 Å². The number of ether oxygens (including phenoxy) is 1. The molecule has 7 rings (SSSR count). The van der Waals surface area contributed by atoms with Crippen molar-refractivity contribution in [1.29, 1.82) is 0 Å². The number of nitrogens with one attached hydrogen (secondary N) is 1. The monoisotopic (exact) mass is 645 g/mol. The van der Waals surface area contributed by atoms with Gasteiger partial charge in [0.1, 0.15) is 29.9 Å². The Kier molecular flexibility index (Phi) is 7.77. The second-order valence-electron chi connectivity index (χ2n) is 13.4. The summed E-state index contributed by atoms with van der Waals surface area (Å²) in [7, 11) is 0. The van der Waals surface area contributed by atoms with Crippen molar-refractivity contribution in [2.45, 2.75) is 95.7 Å². The molecule has 4 atom stereocenters. The number of rotatable bonds is 6. The predicted molar refractivity (Wildman–Crippen MR) is 166 cm³/mol. The first-order valence-corrected chi connectivity index (χ1v) is 16.4. The number of hydrogen-bond acceptors (Lipinski definition) is 8. The molecule has 3 saturated heterocycles. The number of alkyl halides is 4. The van der Waals surface area contributed by atoms with E-state index in [4.69, 9.17) is 15.5 Å². The van der Waals surface area contributed by atoms with E-state index in [0.29, 0.717) is 55.7 Å². The van der Waals surface area contributed by atoms with Gasteiger partial charge in [-0.25, -0.2) is 13.8 Å². The van der Waals surface area contributed by atoms with Crippen LogP contribution in [0.15, 0.2) is 6.07 Å². The van der Waals surface area contributed by atoms with Crippen LogP contribution in [0.3, 0.4) is 0 Å². The molecule has 0 radical (unpaired) electrons. The van der Waals surface area contributed by atoms with Gasteiger partial charge in [0.2, 0.25) is 0 Å². The maximum atomic E-state index is 17.2. The summed E-state index contributed by atoms with van der Waals surface area (Å²) < 4.78 is 81.6. The Morgan fingerprint density at radius 2 is 1.98 bits per heavy atom. The zero-order valence-electron chi connectivity index (χ0n) is 26.4. The van der Waals surface area contributed by atoms with Crippen LogP contribution in [0, 0.1) is 12.7 Å². The highest BCUT2D eigenvalue weighted by Crippen LogP contribution is 2.47. The van der Waals surface area contributed by atoms with Gasteiger partial charge in [-0.3, -0.25) is 4.90 Å². The van der Waals surface area contributed by atoms with E-state index >= 15 is 4.39 Å². The molecule has 8 nitrogen and oxygen atoms in total. The Morgan fingerprint density at radius 3 is 2.72 bits per heavy atom. The van der Waals surface area contributed by atoms with Crippen LogP contribution in [-0.2, 0) is 19.0 Å². The fourth-order valence-electron chi connectivity index (χ4n) is 8.45. The quantitative estimate of drug-likeness (QED) is 0.327. The highest BCUT2D eigenvalue weighted by molar-refractivity contribution is 5.99. The standard InChI is InChI=1S/C33H40F5N7O/c1-4-19-15-45-20(13-40-19)7-8-22-21(5-2)24(28-26(33(36,37)38)17(3)11-23(39)41-28)27(35)29-25(22)30(45)43-31(42-29)46-16-32-9-6-10-44(32)14-18(34)12-32/h11,18-20,40H,4-10,12-16H2,1-3H3,(H2,39,41)/t18-,19-,20-,32+/m1/s1. The molecule has 6 heterocycles. The number of piperazine rings is 1. The number of anilines is 2. The number of pyridine rings is 1. The molecule has 3 fully saturated rings. The minimum atomic E-state index is -4.80. The summed E-state index contributed by atoms with van der Waals surface area (Å²) in [6, 6.07) is 1.30. The van der Waals surface area contributed by atoms with Gasteiger partial charge in [0.05, 0.1) is 16.8 Å². The molecule has 13 heteroatoms. The van der Waals surface area contributed by atoms with Crippen LogP contribution < -0.4 is 20.7 Å². The Balaban J connectivity index is 1.46. The van der Waals surface area contributed by atoms with Crippen LogP contribution in [-0.4, -0.2) is 76.4 Å². The van der Waals surface area contributed by atoms with Crippen molar-refractivity contribution in [3.63, 3.8) is 0 Å². The van der Waals surface area contributed by atoms with E-state index in [2.05, 4.69) is 32.0 Å². The van der Waals surface area contributed by atoms with E-state index in [1.165, 1.54) is 6.92 Å². The number of nitrogen functional groups attached to an aromatic ring is 1. The molecule has 0 aliphatic carbocycles. The summed E-state index contributed by atoms with van der Waals surface area (Å²) in [5.74, 6) is -0.503. The molecule has 4 aliphatic heterocycles. The van der Waals surface area contributed by atoms with Crippen LogP contribution in [0.2, 0.25) is 0 Å². The number of fused-ring (bicyclic) bond motifs is 3. The average molecular weight is 646 g/mol. The fourth-order valence-corrected chi connectivity index (χ4v) is 8.45. The van der Waals surface area contributed by atoms with Gasteiger partial charge in [0.15, 0.2) is 5.82 Å². The van der Waals surface area contributed by atoms with Crippen LogP contribution in [0.25, 0.3) is 22.2 Å². The first kappa shape index (κ1) is 31.3. The van der Waals surface area contributed by atoms with Crippen molar-refractivity contribution in [3.8, 4) is 17.3 Å². The van der Waals surface area contributed by atoms with Gasteiger partial charge < -0.3 is 20.7 Å². The van der Waals surface area contributed by atoms with Crippen molar-refractivity contribution in [3.05, 3.63) is 34.1 Å². The Labute approximate surface area is 264 Å². The highest BCUT2D eigenvalue weighted by atomic mass is 19.4. The second kappa shape index (κ2) is 11.4. The molecule has 46 heavy (non-hydrogen) atoms. The molecule has 3 N–H and O–H groups in total. The smallest absolute Gasteiger partial charge is 0.418 e. The molecule has 0 saturated carbocycles. The predicted octanol–water partition coefficient (Wildman–Crippen LogP) is 5.76. The van der Waals surface area contributed by atoms with E-state index in [1.54, 1.807) is 0 Å². The topological polar surface area (TPSA) is 92.4 Å². The van der Waals surface area contributed by atoms with Crippen molar-refractivity contribution >= 4 is 22.5 Å². The van der Waals surface area contributed by atoms with Gasteiger partial charge in [-0.15, -0.1) is 0 Å². The summed E-state index contributed by atoms with van der Waals surface area (Å²) in [5.41, 5.74) is 4.67. The SMILES string of the molecule is CCc1c(-c2nc(N)cc(C)c2C(F)(F)F)c(F)c2nc(OC[C@@]34CCCN3C[C@H](F)C4)nc3c2c1CC[C@@H]1CN[C@H](CC)CN31. The largest absolute Gasteiger partial charge is 0.461 e. The lowest BCUT2D eigenvalue weighted by atomic mass is 9.87. The minimum Gasteiger partial charge on any atom is -0.461 e. The third-order valence-corrected chi connectivity index (χ3v) is 10.6. The van der Waals surface area contributed by atoms with Crippen molar-refractivity contribution < 1.29 is 26.7 Å². The van der Waals surface area contributed by atoms with Crippen LogP contribution in [0.1, 0.15) is 68.2 Å². The molecule has 1 aromatic carbocycles. The molecular formula is C33H40F5N7O. The molecule has 4 aliphatic rings. The molecule has 0 bridgehead atoms. The molecule has 0 unspecified atom stereocenters. The first-order chi connectivity index (χ1) is 21.9. The summed E-state index contributed by atoms with van der Waals surface area (Å²) in [6.45, 7) is 7.81. The van der Waals surface area contributed by atoms with Gasteiger partial charge in [0.25, 0.3) is 0 Å². The summed E-state index contributed by atoms with van der Waals surface area (Å²) in [5, 5.41) is 4.10. The maximum Gasteiger partial charge on any atom is 0.418 e. The van der Waals surface area contributed by atoms with Crippen LogP contribution >= 0.6 is 0 Å². The average Bonchev–Trinajstić information content (AvgIpc) is 3.47. The Hall–Kier alpha value is -3.32. The summed E-state index contributed by atoms with van der Waals surface area (Å²) >= 11 is 0. The fraction of sp³-hybridized carbons (Fsp3) is 0.606. The van der Waals surface area contributed by atoms with Crippen molar-refractivity contribution in [1.82, 2.24) is 25.2 Å². The third-order valence-electron chi connectivity index (χ3n) is 10.6. The molecule has 248 valence electrons. The summed E-state index contributed by atoms with van der Waals surface area (Å²) in [6.07, 6.45) is -1.37. The van der Waals surface area contributed by atoms with E-state index in [1.807, 2.05) is 6.92 Å². The van der Waals surface area contributed by atoms with Gasteiger partial charge in [-0.1, -0.05) is 13.8 Å². The number of halogens is 5. The number of benzene rings is 1.